The van der Waals surface area contributed by atoms with E-state index in [4.69, 9.17) is 0 Å². The Bertz CT molecular complexity index is 1040. The van der Waals surface area contributed by atoms with Crippen molar-refractivity contribution in [2.75, 3.05) is 0 Å². The molecule has 0 amide bonds. The normalized spacial score (nSPS) is 10.7. The third kappa shape index (κ3) is 8.39. The lowest BCUT2D eigenvalue weighted by molar-refractivity contribution is 0.863. The number of rotatable bonds is 7. The SMILES string of the molecule is CC(C)c1ccc(CCc2ccccc2)cc1.CC(C)c1ccc(Cc2ccccc2)cc1. The molecule has 0 aromatic heterocycles. The molecule has 0 saturated carbocycles. The first kappa shape index (κ1) is 24.5. The highest BCUT2D eigenvalue weighted by molar-refractivity contribution is 5.30. The van der Waals surface area contributed by atoms with Crippen LogP contribution in [0, 0.1) is 0 Å². The van der Waals surface area contributed by atoms with Crippen LogP contribution in [0.2, 0.25) is 0 Å². The van der Waals surface area contributed by atoms with Gasteiger partial charge in [-0.2, -0.15) is 0 Å². The molecule has 0 aliphatic rings. The Labute approximate surface area is 201 Å². The minimum atomic E-state index is 0.616. The lowest BCUT2D eigenvalue weighted by atomic mass is 9.99. The van der Waals surface area contributed by atoms with Crippen LogP contribution >= 0.6 is 0 Å². The van der Waals surface area contributed by atoms with Crippen LogP contribution in [0.15, 0.2) is 109 Å². The first-order valence-electron chi connectivity index (χ1n) is 12.3. The van der Waals surface area contributed by atoms with Gasteiger partial charge in [0.1, 0.15) is 0 Å². The van der Waals surface area contributed by atoms with E-state index in [1.807, 2.05) is 0 Å². The Morgan fingerprint density at radius 3 is 1.15 bits per heavy atom. The second kappa shape index (κ2) is 12.8. The Kier molecular flexibility index (Phi) is 9.51. The summed E-state index contributed by atoms with van der Waals surface area (Å²) < 4.78 is 0. The van der Waals surface area contributed by atoms with E-state index in [0.717, 1.165) is 19.3 Å². The maximum absolute atomic E-state index is 2.26. The monoisotopic (exact) mass is 434 g/mol. The summed E-state index contributed by atoms with van der Waals surface area (Å²) in [7, 11) is 0. The fourth-order valence-electron chi connectivity index (χ4n) is 3.85. The summed E-state index contributed by atoms with van der Waals surface area (Å²) in [5.41, 5.74) is 8.44. The van der Waals surface area contributed by atoms with E-state index in [9.17, 15) is 0 Å². The highest BCUT2D eigenvalue weighted by Gasteiger charge is 2.00. The van der Waals surface area contributed by atoms with Crippen LogP contribution in [0.5, 0.6) is 0 Å². The van der Waals surface area contributed by atoms with Crippen molar-refractivity contribution in [3.8, 4) is 0 Å². The van der Waals surface area contributed by atoms with Gasteiger partial charge in [0.25, 0.3) is 0 Å². The van der Waals surface area contributed by atoms with Crippen molar-refractivity contribution in [3.63, 3.8) is 0 Å². The molecular formula is C33H38. The van der Waals surface area contributed by atoms with Crippen LogP contribution in [0.1, 0.15) is 72.9 Å². The molecule has 0 heterocycles. The number of hydrogen-bond donors (Lipinski definition) is 0. The van der Waals surface area contributed by atoms with Gasteiger partial charge in [-0.15, -0.1) is 0 Å². The molecule has 0 spiro atoms. The number of hydrogen-bond acceptors (Lipinski definition) is 0. The zero-order chi connectivity index (χ0) is 23.5. The molecular weight excluding hydrogens is 396 g/mol. The van der Waals surface area contributed by atoms with Gasteiger partial charge in [-0.3, -0.25) is 0 Å². The summed E-state index contributed by atoms with van der Waals surface area (Å²) in [6.45, 7) is 8.93. The van der Waals surface area contributed by atoms with Crippen molar-refractivity contribution >= 4 is 0 Å². The molecule has 0 bridgehead atoms. The van der Waals surface area contributed by atoms with E-state index in [1.165, 1.54) is 33.4 Å². The van der Waals surface area contributed by atoms with Crippen LogP contribution in [0.25, 0.3) is 0 Å². The average Bonchev–Trinajstić information content (AvgIpc) is 2.85. The summed E-state index contributed by atoms with van der Waals surface area (Å²) in [6.07, 6.45) is 3.28. The topological polar surface area (TPSA) is 0 Å². The van der Waals surface area contributed by atoms with E-state index in [0.29, 0.717) is 11.8 Å². The predicted molar refractivity (Wildman–Crippen MR) is 144 cm³/mol. The summed E-state index contributed by atoms with van der Waals surface area (Å²) >= 11 is 0. The van der Waals surface area contributed by atoms with E-state index >= 15 is 0 Å². The van der Waals surface area contributed by atoms with Crippen molar-refractivity contribution in [2.45, 2.75) is 58.8 Å². The average molecular weight is 435 g/mol. The van der Waals surface area contributed by atoms with E-state index in [2.05, 4.69) is 137 Å². The molecule has 4 aromatic rings. The standard InChI is InChI=1S/C17H20.C16H18/c1-14(2)17-12-10-16(11-13-17)9-8-15-6-4-3-5-7-15;1-13(2)16-10-8-15(9-11-16)12-14-6-4-3-5-7-14/h3-7,10-14H,8-9H2,1-2H3;3-11,13H,12H2,1-2H3. The lowest BCUT2D eigenvalue weighted by Crippen LogP contribution is -1.92. The molecule has 4 rings (SSSR count). The van der Waals surface area contributed by atoms with Gasteiger partial charge in [0.15, 0.2) is 0 Å². The van der Waals surface area contributed by atoms with Crippen LogP contribution in [0.4, 0.5) is 0 Å². The summed E-state index contributed by atoms with van der Waals surface area (Å²) in [5.74, 6) is 1.24. The van der Waals surface area contributed by atoms with Gasteiger partial charge in [-0.05, 0) is 64.5 Å². The molecule has 0 atom stereocenters. The Morgan fingerprint density at radius 2 is 0.727 bits per heavy atom. The largest absolute Gasteiger partial charge is 0.0622 e. The molecule has 0 unspecified atom stereocenters. The summed E-state index contributed by atoms with van der Waals surface area (Å²) in [4.78, 5) is 0. The molecule has 0 fully saturated rings. The van der Waals surface area contributed by atoms with E-state index in [1.54, 1.807) is 0 Å². The van der Waals surface area contributed by atoms with Crippen molar-refractivity contribution in [1.82, 2.24) is 0 Å². The predicted octanol–water partition coefficient (Wildman–Crippen LogP) is 9.00. The Balaban J connectivity index is 0.000000186. The van der Waals surface area contributed by atoms with Crippen molar-refractivity contribution in [2.24, 2.45) is 0 Å². The summed E-state index contributed by atoms with van der Waals surface area (Å²) in [6, 6.07) is 39.3. The quantitative estimate of drug-likeness (QED) is 0.272. The van der Waals surface area contributed by atoms with Crippen LogP contribution < -0.4 is 0 Å². The van der Waals surface area contributed by atoms with Gasteiger partial charge in [0, 0.05) is 0 Å². The highest BCUT2D eigenvalue weighted by atomic mass is 14.1. The van der Waals surface area contributed by atoms with Crippen molar-refractivity contribution in [3.05, 3.63) is 143 Å². The molecule has 170 valence electrons. The van der Waals surface area contributed by atoms with E-state index in [-0.39, 0.29) is 0 Å². The molecule has 0 radical (unpaired) electrons. The molecule has 0 aliphatic heterocycles. The second-order valence-electron chi connectivity index (χ2n) is 9.44. The molecule has 0 aliphatic carbocycles. The van der Waals surface area contributed by atoms with Crippen molar-refractivity contribution in [1.29, 1.82) is 0 Å². The zero-order valence-corrected chi connectivity index (χ0v) is 20.7. The van der Waals surface area contributed by atoms with Gasteiger partial charge in [-0.1, -0.05) is 137 Å². The number of benzene rings is 4. The highest BCUT2D eigenvalue weighted by Crippen LogP contribution is 2.17. The van der Waals surface area contributed by atoms with Crippen LogP contribution in [-0.2, 0) is 19.3 Å². The zero-order valence-electron chi connectivity index (χ0n) is 20.7. The molecule has 0 saturated heterocycles. The Morgan fingerprint density at radius 1 is 0.394 bits per heavy atom. The molecule has 4 aromatic carbocycles. The van der Waals surface area contributed by atoms with Gasteiger partial charge in [0.05, 0.1) is 0 Å². The molecule has 0 heteroatoms. The molecule has 33 heavy (non-hydrogen) atoms. The van der Waals surface area contributed by atoms with Gasteiger partial charge in [-0.25, -0.2) is 0 Å². The maximum Gasteiger partial charge on any atom is -0.00258 e. The first-order chi connectivity index (χ1) is 16.0. The third-order valence-electron chi connectivity index (χ3n) is 6.09. The van der Waals surface area contributed by atoms with Gasteiger partial charge < -0.3 is 0 Å². The number of aryl methyl sites for hydroxylation is 2. The Hall–Kier alpha value is -3.12. The smallest absolute Gasteiger partial charge is 0.00258 e. The fraction of sp³-hybridized carbons (Fsp3) is 0.273. The first-order valence-corrected chi connectivity index (χ1v) is 12.3. The third-order valence-corrected chi connectivity index (χ3v) is 6.09. The van der Waals surface area contributed by atoms with Crippen LogP contribution in [0.3, 0.4) is 0 Å². The van der Waals surface area contributed by atoms with Crippen molar-refractivity contribution < 1.29 is 0 Å². The van der Waals surface area contributed by atoms with Gasteiger partial charge in [0.2, 0.25) is 0 Å². The minimum absolute atomic E-state index is 0.616. The van der Waals surface area contributed by atoms with Gasteiger partial charge >= 0.3 is 0 Å². The molecule has 0 nitrogen and oxygen atoms in total. The molecule has 0 N–H and O–H groups in total. The fourth-order valence-corrected chi connectivity index (χ4v) is 3.85. The maximum atomic E-state index is 2.26. The van der Waals surface area contributed by atoms with E-state index < -0.39 is 0 Å². The second-order valence-corrected chi connectivity index (χ2v) is 9.44. The lowest BCUT2D eigenvalue weighted by Gasteiger charge is -2.07. The minimum Gasteiger partial charge on any atom is -0.0622 e. The summed E-state index contributed by atoms with van der Waals surface area (Å²) in [5, 5.41) is 0. The van der Waals surface area contributed by atoms with Crippen LogP contribution in [-0.4, -0.2) is 0 Å².